The van der Waals surface area contributed by atoms with E-state index in [9.17, 15) is 0 Å². The quantitative estimate of drug-likeness (QED) is 0.734. The van der Waals surface area contributed by atoms with Crippen LogP contribution in [0.4, 0.5) is 0 Å². The fraction of sp³-hybridized carbons (Fsp3) is 0.412. The largest absolute Gasteiger partial charge is 0.232 e. The molecule has 1 aromatic carbocycles. The lowest BCUT2D eigenvalue weighted by molar-refractivity contribution is 0.516. The molecule has 3 heteroatoms. The molecule has 1 aliphatic rings. The molecule has 2 nitrogen and oxygen atoms in total. The van der Waals surface area contributed by atoms with Crippen molar-refractivity contribution < 1.29 is 0 Å². The second-order valence-corrected chi connectivity index (χ2v) is 5.97. The molecule has 0 radical (unpaired) electrons. The molecule has 3 rings (SSSR count). The molecule has 0 bridgehead atoms. The molecule has 1 saturated carbocycles. The number of benzene rings is 1. The highest BCUT2D eigenvalue weighted by Gasteiger charge is 2.27. The Morgan fingerprint density at radius 1 is 1.15 bits per heavy atom. The summed E-state index contributed by atoms with van der Waals surface area (Å²) in [5.41, 5.74) is 2.03. The van der Waals surface area contributed by atoms with Crippen LogP contribution in [0.1, 0.15) is 44.3 Å². The van der Waals surface area contributed by atoms with Crippen LogP contribution >= 0.6 is 11.6 Å². The summed E-state index contributed by atoms with van der Waals surface area (Å²) in [6.45, 7) is 2.27. The Hall–Kier alpha value is -1.41. The first-order valence-electron chi connectivity index (χ1n) is 7.36. The van der Waals surface area contributed by atoms with Gasteiger partial charge in [-0.3, -0.25) is 0 Å². The molecular formula is C17H19ClN2. The Kier molecular flexibility index (Phi) is 4.02. The molecular weight excluding hydrogens is 268 g/mol. The van der Waals surface area contributed by atoms with Gasteiger partial charge in [0.2, 0.25) is 0 Å². The van der Waals surface area contributed by atoms with Crippen LogP contribution in [0.5, 0.6) is 0 Å². The molecule has 1 aliphatic carbocycles. The molecule has 0 saturated heterocycles. The summed E-state index contributed by atoms with van der Waals surface area (Å²) < 4.78 is 0. The van der Waals surface area contributed by atoms with Crippen molar-refractivity contribution in [3.8, 4) is 11.3 Å². The van der Waals surface area contributed by atoms with E-state index in [4.69, 9.17) is 16.6 Å². The van der Waals surface area contributed by atoms with Crippen molar-refractivity contribution in [1.29, 1.82) is 0 Å². The standard InChI is InChI=1S/C17H19ClN2/c1-2-12-8-9-14(10-12)17-19-15(11-16(18)20-17)13-6-4-3-5-7-13/h3-7,11-12,14H,2,8-10H2,1H3. The Balaban J connectivity index is 1.92. The third-order valence-electron chi connectivity index (χ3n) is 4.27. The second-order valence-electron chi connectivity index (χ2n) is 5.58. The van der Waals surface area contributed by atoms with Crippen LogP contribution in [-0.4, -0.2) is 9.97 Å². The summed E-state index contributed by atoms with van der Waals surface area (Å²) in [6, 6.07) is 12.0. The summed E-state index contributed by atoms with van der Waals surface area (Å²) in [4.78, 5) is 9.22. The van der Waals surface area contributed by atoms with E-state index >= 15 is 0 Å². The van der Waals surface area contributed by atoms with Crippen LogP contribution in [-0.2, 0) is 0 Å². The van der Waals surface area contributed by atoms with Crippen LogP contribution in [0.3, 0.4) is 0 Å². The molecule has 2 atom stereocenters. The number of nitrogens with zero attached hydrogens (tertiary/aromatic N) is 2. The maximum absolute atomic E-state index is 6.20. The maximum atomic E-state index is 6.20. The van der Waals surface area contributed by atoms with Crippen LogP contribution in [0.2, 0.25) is 5.15 Å². The first-order chi connectivity index (χ1) is 9.76. The highest BCUT2D eigenvalue weighted by molar-refractivity contribution is 6.29. The molecule has 1 aromatic heterocycles. The molecule has 1 heterocycles. The zero-order valence-corrected chi connectivity index (χ0v) is 12.5. The van der Waals surface area contributed by atoms with Gasteiger partial charge in [0, 0.05) is 17.5 Å². The molecule has 0 spiro atoms. The van der Waals surface area contributed by atoms with Gasteiger partial charge in [0.25, 0.3) is 0 Å². The lowest BCUT2D eigenvalue weighted by Crippen LogP contribution is -2.03. The van der Waals surface area contributed by atoms with Crippen molar-refractivity contribution in [2.75, 3.05) is 0 Å². The van der Waals surface area contributed by atoms with Gasteiger partial charge in [-0.2, -0.15) is 0 Å². The molecule has 2 aromatic rings. The molecule has 1 fully saturated rings. The molecule has 0 amide bonds. The average Bonchev–Trinajstić information content (AvgIpc) is 2.96. The minimum atomic E-state index is 0.473. The van der Waals surface area contributed by atoms with Gasteiger partial charge >= 0.3 is 0 Å². The van der Waals surface area contributed by atoms with Crippen molar-refractivity contribution in [3.63, 3.8) is 0 Å². The van der Waals surface area contributed by atoms with E-state index in [-0.39, 0.29) is 0 Å². The van der Waals surface area contributed by atoms with Crippen LogP contribution < -0.4 is 0 Å². The molecule has 104 valence electrons. The predicted molar refractivity (Wildman–Crippen MR) is 82.9 cm³/mol. The Morgan fingerprint density at radius 3 is 2.65 bits per heavy atom. The van der Waals surface area contributed by atoms with E-state index < -0.39 is 0 Å². The third kappa shape index (κ3) is 2.85. The molecule has 0 aliphatic heterocycles. The lowest BCUT2D eigenvalue weighted by atomic mass is 10.0. The van der Waals surface area contributed by atoms with E-state index in [1.165, 1.54) is 25.7 Å². The smallest absolute Gasteiger partial charge is 0.133 e. The number of halogens is 1. The molecule has 2 unspecified atom stereocenters. The SMILES string of the molecule is CCC1CCC(c2nc(Cl)cc(-c3ccccc3)n2)C1. The summed E-state index contributed by atoms with van der Waals surface area (Å²) in [5, 5.41) is 0.550. The Labute approximate surface area is 125 Å². The van der Waals surface area contributed by atoms with E-state index in [1.54, 1.807) is 0 Å². The minimum Gasteiger partial charge on any atom is -0.232 e. The summed E-state index contributed by atoms with van der Waals surface area (Å²) in [5.74, 6) is 2.22. The minimum absolute atomic E-state index is 0.473. The Morgan fingerprint density at radius 2 is 1.95 bits per heavy atom. The van der Waals surface area contributed by atoms with Crippen molar-refractivity contribution in [2.24, 2.45) is 5.92 Å². The van der Waals surface area contributed by atoms with Crippen molar-refractivity contribution in [1.82, 2.24) is 9.97 Å². The fourth-order valence-corrected chi connectivity index (χ4v) is 3.24. The topological polar surface area (TPSA) is 25.8 Å². The monoisotopic (exact) mass is 286 g/mol. The van der Waals surface area contributed by atoms with E-state index in [1.807, 2.05) is 24.3 Å². The zero-order valence-electron chi connectivity index (χ0n) is 11.7. The van der Waals surface area contributed by atoms with Gasteiger partial charge in [-0.25, -0.2) is 9.97 Å². The van der Waals surface area contributed by atoms with Crippen molar-refractivity contribution in [2.45, 2.75) is 38.5 Å². The normalized spacial score (nSPS) is 22.1. The van der Waals surface area contributed by atoms with E-state index in [0.717, 1.165) is 23.0 Å². The Bertz CT molecular complexity index is 583. The first-order valence-corrected chi connectivity index (χ1v) is 7.74. The zero-order chi connectivity index (χ0) is 13.9. The lowest BCUT2D eigenvalue weighted by Gasteiger charge is -2.11. The van der Waals surface area contributed by atoms with Gasteiger partial charge in [-0.15, -0.1) is 0 Å². The van der Waals surface area contributed by atoms with Crippen LogP contribution in [0.25, 0.3) is 11.3 Å². The van der Waals surface area contributed by atoms with Gasteiger partial charge < -0.3 is 0 Å². The number of rotatable bonds is 3. The van der Waals surface area contributed by atoms with Gasteiger partial charge in [0.05, 0.1) is 5.69 Å². The number of hydrogen-bond donors (Lipinski definition) is 0. The second kappa shape index (κ2) is 5.92. The first kappa shape index (κ1) is 13.6. The van der Waals surface area contributed by atoms with Gasteiger partial charge in [0.15, 0.2) is 0 Å². The highest BCUT2D eigenvalue weighted by Crippen LogP contribution is 2.39. The van der Waals surface area contributed by atoms with E-state index in [0.29, 0.717) is 11.1 Å². The van der Waals surface area contributed by atoms with Crippen LogP contribution in [0.15, 0.2) is 36.4 Å². The highest BCUT2D eigenvalue weighted by atomic mass is 35.5. The predicted octanol–water partition coefficient (Wildman–Crippen LogP) is 5.09. The summed E-state index contributed by atoms with van der Waals surface area (Å²) in [7, 11) is 0. The van der Waals surface area contributed by atoms with Crippen molar-refractivity contribution in [3.05, 3.63) is 47.4 Å². The van der Waals surface area contributed by atoms with Gasteiger partial charge in [-0.05, 0) is 25.2 Å². The molecule has 20 heavy (non-hydrogen) atoms. The number of aromatic nitrogens is 2. The molecule has 0 N–H and O–H groups in total. The fourth-order valence-electron chi connectivity index (χ4n) is 3.05. The maximum Gasteiger partial charge on any atom is 0.133 e. The van der Waals surface area contributed by atoms with Gasteiger partial charge in [0.1, 0.15) is 11.0 Å². The van der Waals surface area contributed by atoms with E-state index in [2.05, 4.69) is 24.0 Å². The average molecular weight is 287 g/mol. The number of hydrogen-bond acceptors (Lipinski definition) is 2. The summed E-state index contributed by atoms with van der Waals surface area (Å²) in [6.07, 6.45) is 4.93. The van der Waals surface area contributed by atoms with Gasteiger partial charge in [-0.1, -0.05) is 55.3 Å². The van der Waals surface area contributed by atoms with Crippen molar-refractivity contribution >= 4 is 11.6 Å². The third-order valence-corrected chi connectivity index (χ3v) is 4.46. The summed E-state index contributed by atoms with van der Waals surface area (Å²) >= 11 is 6.20. The van der Waals surface area contributed by atoms with Crippen LogP contribution in [0, 0.1) is 5.92 Å².